The van der Waals surface area contributed by atoms with Gasteiger partial charge < -0.3 is 9.47 Å². The monoisotopic (exact) mass is 419 g/mol. The van der Waals surface area contributed by atoms with Crippen LogP contribution in [0.4, 0.5) is 0 Å². The summed E-state index contributed by atoms with van der Waals surface area (Å²) in [4.78, 5) is 12.1. The lowest BCUT2D eigenvalue weighted by Crippen LogP contribution is -2.40. The fourth-order valence-electron chi connectivity index (χ4n) is 2.57. The number of methoxy groups -OCH3 is 2. The second kappa shape index (κ2) is 10.6. The molecule has 1 amide bonds. The molecular weight excluding hydrogens is 394 g/mol. The van der Waals surface area contributed by atoms with Gasteiger partial charge in [0.1, 0.15) is 0 Å². The van der Waals surface area contributed by atoms with Crippen LogP contribution in [0.2, 0.25) is 0 Å². The van der Waals surface area contributed by atoms with Crippen LogP contribution in [0.25, 0.3) is 0 Å². The standard InChI is InChI=1S/C20H25N3O5S/c1-27-18-10-9-17(13-19(18)28-2)14-21-22-20(24)15-23(29(3,25)26)12-11-16-7-5-4-6-8-16/h4-10,13-14H,11-12,15H2,1-3H3,(H,22,24). The zero-order valence-electron chi connectivity index (χ0n) is 16.7. The minimum absolute atomic E-state index is 0.204. The Labute approximate surface area is 171 Å². The van der Waals surface area contributed by atoms with Gasteiger partial charge in [-0.15, -0.1) is 0 Å². The Kier molecular flexibility index (Phi) is 8.17. The molecule has 2 aromatic carbocycles. The van der Waals surface area contributed by atoms with Crippen molar-refractivity contribution >= 4 is 22.1 Å². The van der Waals surface area contributed by atoms with Gasteiger partial charge in [0.05, 0.1) is 33.2 Å². The zero-order valence-corrected chi connectivity index (χ0v) is 17.5. The molecule has 0 aliphatic rings. The van der Waals surface area contributed by atoms with E-state index in [1.807, 2.05) is 30.3 Å². The van der Waals surface area contributed by atoms with Crippen molar-refractivity contribution in [3.8, 4) is 11.5 Å². The summed E-state index contributed by atoms with van der Waals surface area (Å²) in [6, 6.07) is 14.7. The third kappa shape index (κ3) is 7.20. The highest BCUT2D eigenvalue weighted by atomic mass is 32.2. The molecule has 0 atom stereocenters. The summed E-state index contributed by atoms with van der Waals surface area (Å²) in [5, 5.41) is 3.88. The first-order valence-corrected chi connectivity index (χ1v) is 10.7. The molecule has 0 aliphatic heterocycles. The lowest BCUT2D eigenvalue weighted by atomic mass is 10.1. The average molecular weight is 420 g/mol. The van der Waals surface area contributed by atoms with Crippen LogP contribution in [0.3, 0.4) is 0 Å². The fourth-order valence-corrected chi connectivity index (χ4v) is 3.34. The second-order valence-corrected chi connectivity index (χ2v) is 8.22. The number of amides is 1. The molecule has 0 bridgehead atoms. The van der Waals surface area contributed by atoms with Crippen molar-refractivity contribution in [1.29, 1.82) is 0 Å². The van der Waals surface area contributed by atoms with E-state index in [0.29, 0.717) is 23.5 Å². The number of nitrogens with zero attached hydrogens (tertiary/aromatic N) is 2. The van der Waals surface area contributed by atoms with Crippen LogP contribution >= 0.6 is 0 Å². The van der Waals surface area contributed by atoms with Crippen LogP contribution < -0.4 is 14.9 Å². The summed E-state index contributed by atoms with van der Waals surface area (Å²) in [7, 11) is -0.471. The van der Waals surface area contributed by atoms with Gasteiger partial charge in [-0.2, -0.15) is 9.41 Å². The van der Waals surface area contributed by atoms with Crippen molar-refractivity contribution in [1.82, 2.24) is 9.73 Å². The van der Waals surface area contributed by atoms with E-state index in [4.69, 9.17) is 9.47 Å². The largest absolute Gasteiger partial charge is 0.493 e. The first kappa shape index (κ1) is 22.4. The summed E-state index contributed by atoms with van der Waals surface area (Å²) < 4.78 is 35.5. The third-order valence-corrected chi connectivity index (χ3v) is 5.34. The molecular formula is C20H25N3O5S. The number of sulfonamides is 1. The molecule has 2 aromatic rings. The molecule has 0 aliphatic carbocycles. The third-order valence-electron chi connectivity index (χ3n) is 4.09. The Bertz CT molecular complexity index is 946. The number of hydrazone groups is 1. The number of nitrogens with one attached hydrogen (secondary N) is 1. The van der Waals surface area contributed by atoms with Gasteiger partial charge in [-0.3, -0.25) is 4.79 Å². The van der Waals surface area contributed by atoms with Crippen molar-refractivity contribution in [2.75, 3.05) is 33.6 Å². The van der Waals surface area contributed by atoms with Crippen molar-refractivity contribution in [3.63, 3.8) is 0 Å². The maximum Gasteiger partial charge on any atom is 0.255 e. The number of carbonyl (C=O) groups is 1. The van der Waals surface area contributed by atoms with E-state index in [9.17, 15) is 13.2 Å². The summed E-state index contributed by atoms with van der Waals surface area (Å²) in [5.41, 5.74) is 4.03. The molecule has 9 heteroatoms. The first-order chi connectivity index (χ1) is 13.8. The van der Waals surface area contributed by atoms with Crippen LogP contribution in [0.15, 0.2) is 53.6 Å². The van der Waals surface area contributed by atoms with Crippen LogP contribution in [-0.4, -0.2) is 58.4 Å². The lowest BCUT2D eigenvalue weighted by molar-refractivity contribution is -0.121. The maximum atomic E-state index is 12.1. The lowest BCUT2D eigenvalue weighted by Gasteiger charge is -2.18. The zero-order chi connectivity index (χ0) is 21.3. The quantitative estimate of drug-likeness (QED) is 0.467. The van der Waals surface area contributed by atoms with Gasteiger partial charge in [-0.25, -0.2) is 13.8 Å². The normalized spacial score (nSPS) is 11.6. The molecule has 0 aromatic heterocycles. The summed E-state index contributed by atoms with van der Waals surface area (Å²) in [6.45, 7) is -0.107. The van der Waals surface area contributed by atoms with Gasteiger partial charge in [0, 0.05) is 6.54 Å². The molecule has 0 unspecified atom stereocenters. The summed E-state index contributed by atoms with van der Waals surface area (Å²) >= 11 is 0. The van der Waals surface area contributed by atoms with Gasteiger partial charge in [-0.05, 0) is 35.7 Å². The highest BCUT2D eigenvalue weighted by Gasteiger charge is 2.19. The second-order valence-electron chi connectivity index (χ2n) is 6.24. The van der Waals surface area contributed by atoms with Crippen molar-refractivity contribution in [3.05, 3.63) is 59.7 Å². The van der Waals surface area contributed by atoms with Crippen LogP contribution in [0.5, 0.6) is 11.5 Å². The van der Waals surface area contributed by atoms with Crippen molar-refractivity contribution in [2.24, 2.45) is 5.10 Å². The predicted octanol–water partition coefficient (Wildman–Crippen LogP) is 1.66. The highest BCUT2D eigenvalue weighted by molar-refractivity contribution is 7.88. The maximum absolute atomic E-state index is 12.1. The van der Waals surface area contributed by atoms with Gasteiger partial charge in [0.15, 0.2) is 11.5 Å². The van der Waals surface area contributed by atoms with Gasteiger partial charge >= 0.3 is 0 Å². The topological polar surface area (TPSA) is 97.3 Å². The molecule has 0 fully saturated rings. The molecule has 0 saturated heterocycles. The van der Waals surface area contributed by atoms with Crippen LogP contribution in [-0.2, 0) is 21.2 Å². The molecule has 29 heavy (non-hydrogen) atoms. The minimum atomic E-state index is -3.53. The number of benzene rings is 2. The van der Waals surface area contributed by atoms with E-state index in [-0.39, 0.29) is 13.1 Å². The molecule has 0 saturated carbocycles. The first-order valence-electron chi connectivity index (χ1n) is 8.86. The Morgan fingerprint density at radius 3 is 2.41 bits per heavy atom. The van der Waals surface area contributed by atoms with Gasteiger partial charge in [0.2, 0.25) is 10.0 Å². The number of hydrogen-bond donors (Lipinski definition) is 1. The Hall–Kier alpha value is -2.91. The Morgan fingerprint density at radius 1 is 1.10 bits per heavy atom. The molecule has 0 heterocycles. The van der Waals surface area contributed by atoms with E-state index < -0.39 is 15.9 Å². The minimum Gasteiger partial charge on any atom is -0.493 e. The summed E-state index contributed by atoms with van der Waals surface area (Å²) in [5.74, 6) is 0.586. The molecule has 0 spiro atoms. The number of rotatable bonds is 10. The Balaban J connectivity index is 1.95. The average Bonchev–Trinajstić information content (AvgIpc) is 2.70. The molecule has 156 valence electrons. The number of carbonyl (C=O) groups excluding carboxylic acids is 1. The fraction of sp³-hybridized carbons (Fsp3) is 0.300. The van der Waals surface area contributed by atoms with E-state index in [2.05, 4.69) is 10.5 Å². The highest BCUT2D eigenvalue weighted by Crippen LogP contribution is 2.26. The van der Waals surface area contributed by atoms with Crippen LogP contribution in [0, 0.1) is 0 Å². The number of ether oxygens (including phenoxy) is 2. The predicted molar refractivity (Wildman–Crippen MR) is 112 cm³/mol. The molecule has 1 N–H and O–H groups in total. The van der Waals surface area contributed by atoms with E-state index in [1.165, 1.54) is 20.4 Å². The van der Waals surface area contributed by atoms with Gasteiger partial charge in [-0.1, -0.05) is 30.3 Å². The SMILES string of the molecule is COc1ccc(C=NNC(=O)CN(CCc2ccccc2)S(C)(=O)=O)cc1OC. The van der Waals surface area contributed by atoms with Crippen LogP contribution in [0.1, 0.15) is 11.1 Å². The molecule has 0 radical (unpaired) electrons. The van der Waals surface area contributed by atoms with Gasteiger partial charge in [0.25, 0.3) is 5.91 Å². The Morgan fingerprint density at radius 2 is 1.79 bits per heavy atom. The van der Waals surface area contributed by atoms with E-state index in [0.717, 1.165) is 16.1 Å². The number of hydrogen-bond acceptors (Lipinski definition) is 6. The summed E-state index contributed by atoms with van der Waals surface area (Å²) in [6.07, 6.45) is 3.03. The smallest absolute Gasteiger partial charge is 0.255 e. The van der Waals surface area contributed by atoms with Crippen molar-refractivity contribution < 1.29 is 22.7 Å². The van der Waals surface area contributed by atoms with E-state index >= 15 is 0 Å². The van der Waals surface area contributed by atoms with E-state index in [1.54, 1.807) is 18.2 Å². The van der Waals surface area contributed by atoms with Crippen molar-refractivity contribution in [2.45, 2.75) is 6.42 Å². The molecule has 8 nitrogen and oxygen atoms in total. The molecule has 2 rings (SSSR count).